The number of aromatic nitrogens is 1. The molecule has 6 heteroatoms. The molecular formula is C22H16ClIN2O2. The molecule has 0 unspecified atom stereocenters. The maximum absolute atomic E-state index is 12.6. The minimum atomic E-state index is -0.157. The van der Waals surface area contributed by atoms with Gasteiger partial charge in [0, 0.05) is 14.8 Å². The van der Waals surface area contributed by atoms with Crippen LogP contribution in [0.4, 0.5) is 5.69 Å². The molecule has 0 saturated carbocycles. The minimum Gasteiger partial charge on any atom is -0.436 e. The molecule has 0 spiro atoms. The van der Waals surface area contributed by atoms with Gasteiger partial charge in [0.05, 0.1) is 10.6 Å². The molecule has 1 aromatic heterocycles. The molecule has 3 aromatic carbocycles. The number of carbonyl (C=O) groups excluding carboxylic acids is 1. The van der Waals surface area contributed by atoms with E-state index in [0.717, 1.165) is 20.3 Å². The predicted molar refractivity (Wildman–Crippen MR) is 121 cm³/mol. The fourth-order valence-corrected chi connectivity index (χ4v) is 3.78. The van der Waals surface area contributed by atoms with Gasteiger partial charge in [0.25, 0.3) is 5.91 Å². The minimum absolute atomic E-state index is 0.157. The number of benzene rings is 3. The number of hydrogen-bond donors (Lipinski definition) is 1. The quantitative estimate of drug-likeness (QED) is 0.320. The molecule has 4 aromatic rings. The van der Waals surface area contributed by atoms with Crippen molar-refractivity contribution in [2.24, 2.45) is 0 Å². The van der Waals surface area contributed by atoms with Gasteiger partial charge in [-0.25, -0.2) is 4.98 Å². The number of amides is 1. The molecule has 0 aliphatic rings. The van der Waals surface area contributed by atoms with Crippen LogP contribution in [-0.4, -0.2) is 10.9 Å². The zero-order valence-electron chi connectivity index (χ0n) is 15.2. The van der Waals surface area contributed by atoms with Crippen molar-refractivity contribution in [3.8, 4) is 11.5 Å². The number of nitrogens with zero attached hydrogens (tertiary/aromatic N) is 1. The molecule has 0 aliphatic carbocycles. The summed E-state index contributed by atoms with van der Waals surface area (Å²) in [6.07, 6.45) is 0. The Morgan fingerprint density at radius 3 is 2.54 bits per heavy atom. The summed E-state index contributed by atoms with van der Waals surface area (Å²) >= 11 is 8.51. The number of anilines is 1. The molecule has 28 heavy (non-hydrogen) atoms. The van der Waals surface area contributed by atoms with E-state index in [1.165, 1.54) is 0 Å². The van der Waals surface area contributed by atoms with Gasteiger partial charge in [-0.2, -0.15) is 0 Å². The van der Waals surface area contributed by atoms with Crippen LogP contribution in [0.1, 0.15) is 21.5 Å². The van der Waals surface area contributed by atoms with Gasteiger partial charge in [0.2, 0.25) is 5.89 Å². The molecule has 1 amide bonds. The smallest absolute Gasteiger partial charge is 0.255 e. The maximum atomic E-state index is 12.6. The zero-order valence-corrected chi connectivity index (χ0v) is 18.1. The second kappa shape index (κ2) is 7.56. The third-order valence-electron chi connectivity index (χ3n) is 4.29. The second-order valence-electron chi connectivity index (χ2n) is 6.66. The van der Waals surface area contributed by atoms with Gasteiger partial charge >= 0.3 is 0 Å². The molecule has 0 radical (unpaired) electrons. The summed E-state index contributed by atoms with van der Waals surface area (Å²) in [5.41, 5.74) is 5.42. The summed E-state index contributed by atoms with van der Waals surface area (Å²) in [6.45, 7) is 3.95. The fraction of sp³-hybridized carbons (Fsp3) is 0.0909. The summed E-state index contributed by atoms with van der Waals surface area (Å²) in [6, 6.07) is 16.8. The van der Waals surface area contributed by atoms with Gasteiger partial charge in [-0.1, -0.05) is 28.8 Å². The number of rotatable bonds is 3. The number of oxazole rings is 1. The summed E-state index contributed by atoms with van der Waals surface area (Å²) in [5, 5.41) is 3.51. The molecular weight excluding hydrogens is 487 g/mol. The lowest BCUT2D eigenvalue weighted by atomic mass is 10.1. The summed E-state index contributed by atoms with van der Waals surface area (Å²) in [4.78, 5) is 17.1. The predicted octanol–water partition coefficient (Wildman–Crippen LogP) is 6.62. The number of halogens is 2. The first-order valence-electron chi connectivity index (χ1n) is 8.65. The van der Waals surface area contributed by atoms with Crippen LogP contribution >= 0.6 is 34.2 Å². The third-order valence-corrected chi connectivity index (χ3v) is 5.29. The Labute approximate surface area is 181 Å². The van der Waals surface area contributed by atoms with Crippen LogP contribution in [0.5, 0.6) is 0 Å². The van der Waals surface area contributed by atoms with Crippen LogP contribution in [-0.2, 0) is 0 Å². The van der Waals surface area contributed by atoms with Gasteiger partial charge < -0.3 is 9.73 Å². The van der Waals surface area contributed by atoms with Gasteiger partial charge in [-0.3, -0.25) is 4.79 Å². The highest BCUT2D eigenvalue weighted by Crippen LogP contribution is 2.32. The Hall–Kier alpha value is -2.38. The van der Waals surface area contributed by atoms with Gasteiger partial charge in [0.1, 0.15) is 5.52 Å². The lowest BCUT2D eigenvalue weighted by Gasteiger charge is -2.07. The highest BCUT2D eigenvalue weighted by atomic mass is 127. The van der Waals surface area contributed by atoms with E-state index in [2.05, 4.69) is 32.9 Å². The lowest BCUT2D eigenvalue weighted by Crippen LogP contribution is -2.12. The Morgan fingerprint density at radius 2 is 1.79 bits per heavy atom. The van der Waals surface area contributed by atoms with Crippen LogP contribution in [0.25, 0.3) is 22.6 Å². The van der Waals surface area contributed by atoms with Crippen LogP contribution in [0.3, 0.4) is 0 Å². The fourth-order valence-electron chi connectivity index (χ4n) is 3.09. The van der Waals surface area contributed by atoms with E-state index in [1.807, 2.05) is 50.2 Å². The zero-order chi connectivity index (χ0) is 19.8. The second-order valence-corrected chi connectivity index (χ2v) is 8.31. The molecule has 0 saturated heterocycles. The molecule has 4 nitrogen and oxygen atoms in total. The standard InChI is InChI=1S/C22H16ClIN2O2/c1-12-7-13(2)9-14(8-12)21(27)25-16-4-6-20-19(11-16)26-22(28-20)17-10-15(24)3-5-18(17)23/h3-11H,1-2H3,(H,25,27). The van der Waals surface area contributed by atoms with Crippen molar-refractivity contribution in [1.82, 2.24) is 4.98 Å². The number of carbonyl (C=O) groups is 1. The monoisotopic (exact) mass is 502 g/mol. The first kappa shape index (κ1) is 19.0. The first-order chi connectivity index (χ1) is 13.4. The van der Waals surface area contributed by atoms with E-state index in [1.54, 1.807) is 18.2 Å². The van der Waals surface area contributed by atoms with Crippen molar-refractivity contribution in [1.29, 1.82) is 0 Å². The van der Waals surface area contributed by atoms with Crippen molar-refractivity contribution in [3.63, 3.8) is 0 Å². The van der Waals surface area contributed by atoms with E-state index < -0.39 is 0 Å². The molecule has 1 N–H and O–H groups in total. The molecule has 0 bridgehead atoms. The average Bonchev–Trinajstić information content (AvgIpc) is 3.06. The van der Waals surface area contributed by atoms with E-state index in [0.29, 0.717) is 33.3 Å². The average molecular weight is 503 g/mol. The van der Waals surface area contributed by atoms with Crippen LogP contribution in [0.15, 0.2) is 59.0 Å². The Balaban J connectivity index is 1.65. The van der Waals surface area contributed by atoms with E-state index >= 15 is 0 Å². The van der Waals surface area contributed by atoms with Gasteiger partial charge in [-0.15, -0.1) is 0 Å². The van der Waals surface area contributed by atoms with Crippen LogP contribution in [0.2, 0.25) is 5.02 Å². The van der Waals surface area contributed by atoms with Crippen LogP contribution in [0, 0.1) is 17.4 Å². The molecule has 0 fully saturated rings. The molecule has 1 heterocycles. The van der Waals surface area contributed by atoms with E-state index in [9.17, 15) is 4.79 Å². The Kier molecular flexibility index (Phi) is 5.12. The molecule has 0 atom stereocenters. The number of nitrogens with one attached hydrogen (secondary N) is 1. The lowest BCUT2D eigenvalue weighted by molar-refractivity contribution is 0.102. The Morgan fingerprint density at radius 1 is 1.04 bits per heavy atom. The van der Waals surface area contributed by atoms with Gasteiger partial charge in [-0.05, 0) is 85.0 Å². The largest absolute Gasteiger partial charge is 0.436 e. The van der Waals surface area contributed by atoms with E-state index in [4.69, 9.17) is 16.0 Å². The summed E-state index contributed by atoms with van der Waals surface area (Å²) < 4.78 is 6.90. The van der Waals surface area contributed by atoms with Gasteiger partial charge in [0.15, 0.2) is 5.58 Å². The third kappa shape index (κ3) is 3.91. The van der Waals surface area contributed by atoms with Crippen molar-refractivity contribution in [2.75, 3.05) is 5.32 Å². The molecule has 140 valence electrons. The highest BCUT2D eigenvalue weighted by Gasteiger charge is 2.14. The van der Waals surface area contributed by atoms with Crippen molar-refractivity contribution in [3.05, 3.63) is 79.9 Å². The number of fused-ring (bicyclic) bond motifs is 1. The topological polar surface area (TPSA) is 55.1 Å². The van der Waals surface area contributed by atoms with E-state index in [-0.39, 0.29) is 5.91 Å². The maximum Gasteiger partial charge on any atom is 0.255 e. The summed E-state index contributed by atoms with van der Waals surface area (Å²) in [5.74, 6) is 0.298. The van der Waals surface area contributed by atoms with Crippen molar-refractivity contribution >= 4 is 56.9 Å². The molecule has 4 rings (SSSR count). The number of hydrogen-bond acceptors (Lipinski definition) is 3. The first-order valence-corrected chi connectivity index (χ1v) is 10.1. The molecule has 0 aliphatic heterocycles. The SMILES string of the molecule is Cc1cc(C)cc(C(=O)Nc2ccc3oc(-c4cc(I)ccc4Cl)nc3c2)c1. The number of aryl methyl sites for hydroxylation is 2. The van der Waals surface area contributed by atoms with Crippen molar-refractivity contribution < 1.29 is 9.21 Å². The highest BCUT2D eigenvalue weighted by molar-refractivity contribution is 14.1. The van der Waals surface area contributed by atoms with Crippen LogP contribution < -0.4 is 5.32 Å². The Bertz CT molecular complexity index is 1200. The van der Waals surface area contributed by atoms with Crippen molar-refractivity contribution in [2.45, 2.75) is 13.8 Å². The summed E-state index contributed by atoms with van der Waals surface area (Å²) in [7, 11) is 0. The normalized spacial score (nSPS) is 11.0.